The van der Waals surface area contributed by atoms with Crippen LogP contribution in [0.3, 0.4) is 0 Å². The van der Waals surface area contributed by atoms with Crippen molar-refractivity contribution in [1.82, 2.24) is 4.90 Å². The lowest BCUT2D eigenvalue weighted by Gasteiger charge is -2.52. The number of likely N-dealkylation sites (N-methyl/N-ethyl adjacent to an activating group) is 1. The molecule has 0 saturated carbocycles. The number of hydrogen-bond donors (Lipinski definition) is 4. The highest BCUT2D eigenvalue weighted by Crippen LogP contribution is 2.40. The third-order valence-electron chi connectivity index (χ3n) is 4.97. The molecule has 3 fully saturated rings. The van der Waals surface area contributed by atoms with E-state index in [-0.39, 0.29) is 12.5 Å². The van der Waals surface area contributed by atoms with E-state index in [4.69, 9.17) is 14.2 Å². The summed E-state index contributed by atoms with van der Waals surface area (Å²) in [6, 6.07) is -0.393. The van der Waals surface area contributed by atoms with Gasteiger partial charge in [0.2, 0.25) is 5.79 Å². The minimum Gasteiger partial charge on any atom is -0.414 e. The Kier molecular flexibility index (Phi) is 4.51. The fraction of sp³-hybridized carbons (Fsp3) is 0.929. The van der Waals surface area contributed by atoms with Gasteiger partial charge in [-0.15, -0.1) is 0 Å². The maximum absolute atomic E-state index is 12.2. The number of amides is 1. The van der Waals surface area contributed by atoms with Gasteiger partial charge in [0, 0.05) is 20.1 Å². The predicted molar refractivity (Wildman–Crippen MR) is 74.3 cm³/mol. The fourth-order valence-electron chi connectivity index (χ4n) is 3.57. The van der Waals surface area contributed by atoms with Crippen molar-refractivity contribution in [2.45, 2.75) is 61.6 Å². The Morgan fingerprint density at radius 2 is 2.04 bits per heavy atom. The standard InChI is InChI=1S/C14H23NO8/c1-15-7(8-3-2-4-21-8)5-14(23-13(15)20)12(19)11(18)10(17)9(6-16)22-14/h7-12,16-19H,2-6H2,1H3/t7-,8+,9+,10+,11-,12+,14+/m0/s1. The number of rotatable bonds is 2. The quantitative estimate of drug-likeness (QED) is 0.465. The first-order valence-electron chi connectivity index (χ1n) is 7.80. The summed E-state index contributed by atoms with van der Waals surface area (Å²) >= 11 is 0. The molecule has 4 N–H and O–H groups in total. The molecule has 9 nitrogen and oxygen atoms in total. The van der Waals surface area contributed by atoms with E-state index < -0.39 is 48.9 Å². The average molecular weight is 333 g/mol. The molecule has 0 aromatic carbocycles. The Hall–Kier alpha value is -0.970. The minimum absolute atomic E-state index is 0.0708. The van der Waals surface area contributed by atoms with E-state index in [0.717, 1.165) is 12.8 Å². The van der Waals surface area contributed by atoms with E-state index in [9.17, 15) is 25.2 Å². The molecule has 1 amide bonds. The molecule has 7 atom stereocenters. The number of aliphatic hydroxyl groups is 4. The molecule has 1 spiro atoms. The summed E-state index contributed by atoms with van der Waals surface area (Å²) in [6.45, 7) is 0.0196. The second kappa shape index (κ2) is 6.15. The summed E-state index contributed by atoms with van der Waals surface area (Å²) in [5, 5.41) is 39.6. The number of ether oxygens (including phenoxy) is 3. The Morgan fingerprint density at radius 1 is 1.30 bits per heavy atom. The molecule has 23 heavy (non-hydrogen) atoms. The molecule has 0 unspecified atom stereocenters. The Labute approximate surface area is 133 Å². The lowest BCUT2D eigenvalue weighted by Crippen LogP contribution is -2.71. The molecule has 0 aliphatic carbocycles. The molecule has 3 saturated heterocycles. The fourth-order valence-corrected chi connectivity index (χ4v) is 3.57. The lowest BCUT2D eigenvalue weighted by molar-refractivity contribution is -0.361. The maximum Gasteiger partial charge on any atom is 0.412 e. The van der Waals surface area contributed by atoms with Crippen molar-refractivity contribution in [3.05, 3.63) is 0 Å². The Bertz CT molecular complexity index is 454. The van der Waals surface area contributed by atoms with E-state index in [1.165, 1.54) is 4.90 Å². The van der Waals surface area contributed by atoms with Crippen molar-refractivity contribution in [1.29, 1.82) is 0 Å². The summed E-state index contributed by atoms with van der Waals surface area (Å²) < 4.78 is 16.4. The third kappa shape index (κ3) is 2.71. The Balaban J connectivity index is 1.88. The van der Waals surface area contributed by atoms with Gasteiger partial charge in [0.1, 0.15) is 24.4 Å². The zero-order valence-electron chi connectivity index (χ0n) is 12.9. The highest BCUT2D eigenvalue weighted by Gasteiger charge is 2.60. The topological polar surface area (TPSA) is 129 Å². The highest BCUT2D eigenvalue weighted by molar-refractivity contribution is 5.69. The van der Waals surface area contributed by atoms with Crippen LogP contribution < -0.4 is 0 Å². The summed E-state index contributed by atoms with van der Waals surface area (Å²) in [7, 11) is 1.57. The smallest absolute Gasteiger partial charge is 0.412 e. The normalized spacial score (nSPS) is 47.9. The van der Waals surface area contributed by atoms with Crippen molar-refractivity contribution in [2.24, 2.45) is 0 Å². The minimum atomic E-state index is -1.81. The second-order valence-electron chi connectivity index (χ2n) is 6.38. The molecular weight excluding hydrogens is 310 g/mol. The first-order chi connectivity index (χ1) is 10.9. The van der Waals surface area contributed by atoms with Crippen LogP contribution in [0, 0.1) is 0 Å². The molecule has 0 bridgehead atoms. The molecule has 0 radical (unpaired) electrons. The molecule has 3 aliphatic rings. The number of nitrogens with zero attached hydrogens (tertiary/aromatic N) is 1. The van der Waals surface area contributed by atoms with Crippen LogP contribution in [-0.2, 0) is 14.2 Å². The molecule has 9 heteroatoms. The van der Waals surface area contributed by atoms with Crippen LogP contribution in [0.25, 0.3) is 0 Å². The van der Waals surface area contributed by atoms with E-state index in [1.807, 2.05) is 0 Å². The second-order valence-corrected chi connectivity index (χ2v) is 6.38. The van der Waals surface area contributed by atoms with Crippen LogP contribution in [-0.4, -0.2) is 94.0 Å². The number of carbonyl (C=O) groups is 1. The van der Waals surface area contributed by atoms with Crippen molar-refractivity contribution in [2.75, 3.05) is 20.3 Å². The lowest BCUT2D eigenvalue weighted by atomic mass is 9.85. The zero-order chi connectivity index (χ0) is 16.8. The van der Waals surface area contributed by atoms with Gasteiger partial charge >= 0.3 is 6.09 Å². The van der Waals surface area contributed by atoms with Crippen LogP contribution >= 0.6 is 0 Å². The van der Waals surface area contributed by atoms with Gasteiger partial charge in [-0.25, -0.2) is 4.79 Å². The molecule has 0 aromatic rings. The van der Waals surface area contributed by atoms with Crippen LogP contribution in [0.5, 0.6) is 0 Å². The van der Waals surface area contributed by atoms with E-state index in [2.05, 4.69) is 0 Å². The number of carbonyl (C=O) groups excluding carboxylic acids is 1. The summed E-state index contributed by atoms with van der Waals surface area (Å²) in [4.78, 5) is 13.6. The van der Waals surface area contributed by atoms with Crippen molar-refractivity contribution < 1.29 is 39.4 Å². The van der Waals surface area contributed by atoms with Gasteiger partial charge in [-0.05, 0) is 12.8 Å². The van der Waals surface area contributed by atoms with Crippen LogP contribution in [0.2, 0.25) is 0 Å². The SMILES string of the molecule is CN1C(=O)O[C@@]2(C[C@H]1[C@H]1CCCO1)O[C@H](CO)[C@@H](O)[C@H](O)[C@H]2O. The molecule has 132 valence electrons. The van der Waals surface area contributed by atoms with E-state index in [0.29, 0.717) is 6.61 Å². The van der Waals surface area contributed by atoms with Crippen LogP contribution in [0.4, 0.5) is 4.79 Å². The maximum atomic E-state index is 12.2. The molecule has 3 heterocycles. The highest BCUT2D eigenvalue weighted by atomic mass is 16.7. The van der Waals surface area contributed by atoms with Gasteiger partial charge in [0.25, 0.3) is 0 Å². The van der Waals surface area contributed by atoms with Gasteiger partial charge in [-0.2, -0.15) is 0 Å². The van der Waals surface area contributed by atoms with Gasteiger partial charge in [-0.3, -0.25) is 0 Å². The number of aliphatic hydroxyl groups excluding tert-OH is 4. The first kappa shape index (κ1) is 16.9. The van der Waals surface area contributed by atoms with Gasteiger partial charge < -0.3 is 39.5 Å². The molecular formula is C14H23NO8. The Morgan fingerprint density at radius 3 is 2.65 bits per heavy atom. The van der Waals surface area contributed by atoms with E-state index in [1.54, 1.807) is 7.05 Å². The van der Waals surface area contributed by atoms with Crippen LogP contribution in [0.1, 0.15) is 19.3 Å². The predicted octanol–water partition coefficient (Wildman–Crippen LogP) is -1.82. The van der Waals surface area contributed by atoms with Crippen molar-refractivity contribution in [3.8, 4) is 0 Å². The molecule has 3 aliphatic heterocycles. The summed E-state index contributed by atoms with van der Waals surface area (Å²) in [5.41, 5.74) is 0. The molecule has 0 aromatic heterocycles. The van der Waals surface area contributed by atoms with Gasteiger partial charge in [0.15, 0.2) is 0 Å². The summed E-state index contributed by atoms with van der Waals surface area (Å²) in [6.07, 6.45) is -5.06. The summed E-state index contributed by atoms with van der Waals surface area (Å²) in [5.74, 6) is -1.81. The average Bonchev–Trinajstić information content (AvgIpc) is 3.07. The van der Waals surface area contributed by atoms with Gasteiger partial charge in [-0.1, -0.05) is 0 Å². The first-order valence-corrected chi connectivity index (χ1v) is 7.80. The van der Waals surface area contributed by atoms with Crippen LogP contribution in [0.15, 0.2) is 0 Å². The zero-order valence-corrected chi connectivity index (χ0v) is 12.9. The van der Waals surface area contributed by atoms with Crippen molar-refractivity contribution in [3.63, 3.8) is 0 Å². The van der Waals surface area contributed by atoms with Crippen molar-refractivity contribution >= 4 is 6.09 Å². The monoisotopic (exact) mass is 333 g/mol. The number of hydrogen-bond acceptors (Lipinski definition) is 8. The van der Waals surface area contributed by atoms with E-state index >= 15 is 0 Å². The van der Waals surface area contributed by atoms with Gasteiger partial charge in [0.05, 0.1) is 18.8 Å². The molecule has 3 rings (SSSR count). The third-order valence-corrected chi connectivity index (χ3v) is 4.97. The largest absolute Gasteiger partial charge is 0.414 e.